The molecule has 0 aliphatic carbocycles. The van der Waals surface area contributed by atoms with Crippen LogP contribution in [0.25, 0.3) is 0 Å². The van der Waals surface area contributed by atoms with Gasteiger partial charge in [0.05, 0.1) is 18.3 Å². The molecule has 1 saturated heterocycles. The lowest BCUT2D eigenvalue weighted by Gasteiger charge is -2.42. The number of β-amino-alcohol motifs (C(OH)–C–C–N with tert-alkyl or cyclic N) is 1. The van der Waals surface area contributed by atoms with Crippen molar-refractivity contribution in [1.82, 2.24) is 14.7 Å². The lowest BCUT2D eigenvalue weighted by Crippen LogP contribution is -2.59. The smallest absolute Gasteiger partial charge is 0.137 e. The van der Waals surface area contributed by atoms with E-state index in [0.717, 1.165) is 22.7 Å². The number of aromatic nitrogens is 2. The molecule has 1 aromatic heterocycles. The third-order valence-corrected chi connectivity index (χ3v) is 6.10. The normalized spacial score (nSPS) is 20.9. The SMILES string of the molecule is Cc1cc(C)n(CCOc2cccc(CN3CC[C@H](O)[C@@](O)(COc4cccc(F)c4)C3)c2)n1. The molecular weight excluding hydrogens is 437 g/mol. The Morgan fingerprint density at radius 2 is 1.85 bits per heavy atom. The van der Waals surface area contributed by atoms with Crippen LogP contribution in [0, 0.1) is 19.7 Å². The fourth-order valence-electron chi connectivity index (χ4n) is 4.33. The number of ether oxygens (including phenoxy) is 2. The molecule has 0 amide bonds. The van der Waals surface area contributed by atoms with Crippen molar-refractivity contribution in [2.24, 2.45) is 0 Å². The van der Waals surface area contributed by atoms with Gasteiger partial charge in [-0.1, -0.05) is 18.2 Å². The highest BCUT2D eigenvalue weighted by molar-refractivity contribution is 5.28. The molecule has 7 nitrogen and oxygen atoms in total. The van der Waals surface area contributed by atoms with Crippen molar-refractivity contribution in [2.75, 3.05) is 26.3 Å². The zero-order chi connectivity index (χ0) is 24.1. The van der Waals surface area contributed by atoms with Crippen LogP contribution in [-0.4, -0.2) is 62.9 Å². The Morgan fingerprint density at radius 3 is 2.59 bits per heavy atom. The fraction of sp³-hybridized carbons (Fsp3) is 0.423. The van der Waals surface area contributed by atoms with E-state index in [9.17, 15) is 14.6 Å². The Hall–Kier alpha value is -2.94. The molecule has 0 unspecified atom stereocenters. The van der Waals surface area contributed by atoms with Gasteiger partial charge in [-0.25, -0.2) is 4.39 Å². The minimum atomic E-state index is -1.45. The summed E-state index contributed by atoms with van der Waals surface area (Å²) < 4.78 is 26.9. The molecule has 2 heterocycles. The molecule has 0 spiro atoms. The molecule has 2 atom stereocenters. The summed E-state index contributed by atoms with van der Waals surface area (Å²) in [6.07, 6.45) is -0.497. The summed E-state index contributed by atoms with van der Waals surface area (Å²) in [6, 6.07) is 15.7. The maximum Gasteiger partial charge on any atom is 0.137 e. The summed E-state index contributed by atoms with van der Waals surface area (Å²) in [5.41, 5.74) is 1.70. The van der Waals surface area contributed by atoms with Gasteiger partial charge in [0.1, 0.15) is 36.1 Å². The third-order valence-electron chi connectivity index (χ3n) is 6.10. The Balaban J connectivity index is 1.32. The van der Waals surface area contributed by atoms with Crippen LogP contribution in [0.5, 0.6) is 11.5 Å². The van der Waals surface area contributed by atoms with Gasteiger partial charge in [-0.05, 0) is 56.2 Å². The van der Waals surface area contributed by atoms with Crippen molar-refractivity contribution >= 4 is 0 Å². The van der Waals surface area contributed by atoms with Gasteiger partial charge in [0.25, 0.3) is 0 Å². The van der Waals surface area contributed by atoms with Crippen LogP contribution in [-0.2, 0) is 13.1 Å². The summed E-state index contributed by atoms with van der Waals surface area (Å²) in [7, 11) is 0. The van der Waals surface area contributed by atoms with E-state index in [1.165, 1.54) is 12.1 Å². The van der Waals surface area contributed by atoms with Gasteiger partial charge in [-0.15, -0.1) is 0 Å². The molecule has 2 aromatic carbocycles. The highest BCUT2D eigenvalue weighted by Gasteiger charge is 2.42. The summed E-state index contributed by atoms with van der Waals surface area (Å²) >= 11 is 0. The molecule has 2 N–H and O–H groups in total. The van der Waals surface area contributed by atoms with Gasteiger partial charge in [0.2, 0.25) is 0 Å². The molecule has 1 aliphatic rings. The zero-order valence-corrected chi connectivity index (χ0v) is 19.7. The molecular formula is C26H32FN3O4. The fourth-order valence-corrected chi connectivity index (χ4v) is 4.33. The van der Waals surface area contributed by atoms with Gasteiger partial charge in [0, 0.05) is 31.4 Å². The molecule has 3 aromatic rings. The van der Waals surface area contributed by atoms with E-state index < -0.39 is 17.5 Å². The summed E-state index contributed by atoms with van der Waals surface area (Å²) in [4.78, 5) is 2.08. The monoisotopic (exact) mass is 469 g/mol. The molecule has 8 heteroatoms. The maximum absolute atomic E-state index is 13.4. The molecule has 0 bridgehead atoms. The Labute approximate surface area is 199 Å². The Kier molecular flexibility index (Phi) is 7.50. The van der Waals surface area contributed by atoms with Gasteiger partial charge in [0.15, 0.2) is 0 Å². The predicted molar refractivity (Wildman–Crippen MR) is 126 cm³/mol. The number of hydrogen-bond acceptors (Lipinski definition) is 6. The quantitative estimate of drug-likeness (QED) is 0.501. The minimum Gasteiger partial charge on any atom is -0.492 e. The number of aliphatic hydroxyl groups excluding tert-OH is 1. The van der Waals surface area contributed by atoms with Crippen molar-refractivity contribution in [3.8, 4) is 11.5 Å². The molecule has 4 rings (SSSR count). The molecule has 182 valence electrons. The molecule has 0 radical (unpaired) electrons. The summed E-state index contributed by atoms with van der Waals surface area (Å²) in [6.45, 7) is 6.56. The standard InChI is InChI=1S/C26H32FN3O4/c1-19-13-20(2)30(28-19)11-12-33-23-7-3-5-21(14-23)16-29-10-9-25(31)26(32,17-29)18-34-24-8-4-6-22(27)15-24/h3-8,13-15,25,31-32H,9-12,16-18H2,1-2H3/t25-,26-/m0/s1. The van der Waals surface area contributed by atoms with Gasteiger partial charge in [-0.2, -0.15) is 5.10 Å². The van der Waals surface area contributed by atoms with E-state index in [0.29, 0.717) is 38.4 Å². The first-order chi connectivity index (χ1) is 16.3. The number of halogens is 1. The van der Waals surface area contributed by atoms with Crippen molar-refractivity contribution in [3.05, 3.63) is 77.4 Å². The number of nitrogens with zero attached hydrogens (tertiary/aromatic N) is 3. The van der Waals surface area contributed by atoms with E-state index in [1.54, 1.807) is 12.1 Å². The zero-order valence-electron chi connectivity index (χ0n) is 19.7. The first-order valence-corrected chi connectivity index (χ1v) is 11.5. The Morgan fingerprint density at radius 1 is 1.09 bits per heavy atom. The Bertz CT molecular complexity index is 1110. The maximum atomic E-state index is 13.4. The molecule has 34 heavy (non-hydrogen) atoms. The second-order valence-electron chi connectivity index (χ2n) is 9.01. The number of hydrogen-bond donors (Lipinski definition) is 2. The average Bonchev–Trinajstić information content (AvgIpc) is 3.12. The number of piperidine rings is 1. The van der Waals surface area contributed by atoms with Gasteiger partial charge in [-0.3, -0.25) is 9.58 Å². The summed E-state index contributed by atoms with van der Waals surface area (Å²) in [5.74, 6) is 0.691. The second-order valence-corrected chi connectivity index (χ2v) is 9.01. The van der Waals surface area contributed by atoms with Crippen LogP contribution in [0.2, 0.25) is 0 Å². The van der Waals surface area contributed by atoms with E-state index in [2.05, 4.69) is 10.00 Å². The molecule has 1 aliphatic heterocycles. The second kappa shape index (κ2) is 10.5. The van der Waals surface area contributed by atoms with Gasteiger partial charge < -0.3 is 19.7 Å². The third kappa shape index (κ3) is 6.14. The van der Waals surface area contributed by atoms with E-state index in [1.807, 2.05) is 48.9 Å². The van der Waals surface area contributed by atoms with Crippen LogP contribution in [0.3, 0.4) is 0 Å². The summed E-state index contributed by atoms with van der Waals surface area (Å²) in [5, 5.41) is 26.0. The van der Waals surface area contributed by atoms with Crippen LogP contribution in [0.1, 0.15) is 23.4 Å². The number of benzene rings is 2. The first kappa shape index (κ1) is 24.2. The van der Waals surface area contributed by atoms with E-state index in [4.69, 9.17) is 9.47 Å². The van der Waals surface area contributed by atoms with Crippen LogP contribution < -0.4 is 9.47 Å². The topological polar surface area (TPSA) is 80.0 Å². The van der Waals surface area contributed by atoms with Crippen LogP contribution in [0.15, 0.2) is 54.6 Å². The average molecular weight is 470 g/mol. The minimum absolute atomic E-state index is 0.121. The highest BCUT2D eigenvalue weighted by atomic mass is 19.1. The van der Waals surface area contributed by atoms with Crippen molar-refractivity contribution < 1.29 is 24.1 Å². The predicted octanol–water partition coefficient (Wildman–Crippen LogP) is 3.09. The van der Waals surface area contributed by atoms with Crippen LogP contribution in [0.4, 0.5) is 4.39 Å². The molecule has 1 fully saturated rings. The number of rotatable bonds is 9. The molecule has 0 saturated carbocycles. The number of aryl methyl sites for hydroxylation is 2. The van der Waals surface area contributed by atoms with Crippen molar-refractivity contribution in [3.63, 3.8) is 0 Å². The lowest BCUT2D eigenvalue weighted by molar-refractivity contribution is -0.140. The van der Waals surface area contributed by atoms with Gasteiger partial charge >= 0.3 is 0 Å². The highest BCUT2D eigenvalue weighted by Crippen LogP contribution is 2.26. The lowest BCUT2D eigenvalue weighted by atomic mass is 9.90. The van der Waals surface area contributed by atoms with Crippen molar-refractivity contribution in [2.45, 2.75) is 45.1 Å². The first-order valence-electron chi connectivity index (χ1n) is 11.5. The number of aliphatic hydroxyl groups is 2. The van der Waals surface area contributed by atoms with Crippen LogP contribution >= 0.6 is 0 Å². The number of likely N-dealkylation sites (tertiary alicyclic amines) is 1. The largest absolute Gasteiger partial charge is 0.492 e. The van der Waals surface area contributed by atoms with E-state index in [-0.39, 0.29) is 13.2 Å². The van der Waals surface area contributed by atoms with Crippen molar-refractivity contribution in [1.29, 1.82) is 0 Å². The van der Waals surface area contributed by atoms with E-state index >= 15 is 0 Å².